The number of pyridine rings is 1. The largest absolute Gasteiger partial charge is 0.378 e. The summed E-state index contributed by atoms with van der Waals surface area (Å²) in [6.45, 7) is 4.55. The molecule has 0 spiro atoms. The van der Waals surface area contributed by atoms with Crippen molar-refractivity contribution in [3.8, 4) is 0 Å². The highest BCUT2D eigenvalue weighted by Gasteiger charge is 2.31. The molecule has 0 radical (unpaired) electrons. The quantitative estimate of drug-likeness (QED) is 0.840. The second-order valence-corrected chi connectivity index (χ2v) is 5.84. The minimum Gasteiger partial charge on any atom is -0.378 e. The fraction of sp³-hybridized carbons (Fsp3) is 0.571. The first-order chi connectivity index (χ1) is 9.49. The zero-order valence-electron chi connectivity index (χ0n) is 11.6. The molecule has 1 aliphatic rings. The first-order valence-electron chi connectivity index (χ1n) is 6.73. The molecule has 1 aromatic heterocycles. The van der Waals surface area contributed by atoms with Gasteiger partial charge in [-0.15, -0.1) is 0 Å². The van der Waals surface area contributed by atoms with Crippen molar-refractivity contribution in [2.24, 2.45) is 5.92 Å². The Kier molecular flexibility index (Phi) is 5.24. The van der Waals surface area contributed by atoms with Crippen LogP contribution in [0.2, 0.25) is 10.3 Å². The molecular weight excluding hydrogens is 299 g/mol. The minimum atomic E-state index is -0.0425. The summed E-state index contributed by atoms with van der Waals surface area (Å²) < 4.78 is 5.48. The third kappa shape index (κ3) is 3.84. The van der Waals surface area contributed by atoms with E-state index in [1.54, 1.807) is 6.07 Å². The van der Waals surface area contributed by atoms with Crippen molar-refractivity contribution < 1.29 is 9.53 Å². The number of anilines is 1. The molecule has 0 bridgehead atoms. The third-order valence-corrected chi connectivity index (χ3v) is 3.94. The number of carbonyl (C=O) groups is 1. The van der Waals surface area contributed by atoms with Crippen molar-refractivity contribution >= 4 is 34.8 Å². The van der Waals surface area contributed by atoms with Crippen molar-refractivity contribution in [2.45, 2.75) is 39.2 Å². The van der Waals surface area contributed by atoms with Gasteiger partial charge >= 0.3 is 0 Å². The molecule has 1 fully saturated rings. The first kappa shape index (κ1) is 15.5. The Morgan fingerprint density at radius 1 is 1.50 bits per heavy atom. The lowest BCUT2D eigenvalue weighted by molar-refractivity contribution is -0.119. The molecule has 1 N–H and O–H groups in total. The van der Waals surface area contributed by atoms with Crippen LogP contribution in [0.1, 0.15) is 31.7 Å². The number of rotatable bonds is 5. The van der Waals surface area contributed by atoms with E-state index in [1.165, 1.54) is 0 Å². The van der Waals surface area contributed by atoms with Crippen LogP contribution < -0.4 is 5.32 Å². The summed E-state index contributed by atoms with van der Waals surface area (Å²) >= 11 is 11.8. The van der Waals surface area contributed by atoms with Crippen molar-refractivity contribution in [3.63, 3.8) is 0 Å². The van der Waals surface area contributed by atoms with Crippen molar-refractivity contribution in [3.05, 3.63) is 21.9 Å². The summed E-state index contributed by atoms with van der Waals surface area (Å²) in [5.41, 5.74) is 1.35. The highest BCUT2D eigenvalue weighted by molar-refractivity contribution is 6.34. The van der Waals surface area contributed by atoms with E-state index < -0.39 is 0 Å². The normalized spacial score (nSPS) is 21.4. The van der Waals surface area contributed by atoms with Gasteiger partial charge in [0.1, 0.15) is 5.15 Å². The van der Waals surface area contributed by atoms with Gasteiger partial charge < -0.3 is 10.1 Å². The fourth-order valence-electron chi connectivity index (χ4n) is 2.41. The van der Waals surface area contributed by atoms with Gasteiger partial charge in [0.05, 0.1) is 11.8 Å². The molecular formula is C14H18Cl2N2O2. The van der Waals surface area contributed by atoms with E-state index in [9.17, 15) is 4.79 Å². The second-order valence-electron chi connectivity index (χ2n) is 5.09. The highest BCUT2D eigenvalue weighted by Crippen LogP contribution is 2.33. The number of aromatic nitrogens is 1. The number of halogens is 2. The van der Waals surface area contributed by atoms with Crippen LogP contribution in [0.3, 0.4) is 0 Å². The minimum absolute atomic E-state index is 0.0425. The molecule has 0 saturated heterocycles. The molecule has 110 valence electrons. The molecule has 0 unspecified atom stereocenters. The van der Waals surface area contributed by atoms with Crippen LogP contribution in [0.15, 0.2) is 6.07 Å². The smallest absolute Gasteiger partial charge is 0.224 e. The predicted molar refractivity (Wildman–Crippen MR) is 80.4 cm³/mol. The maximum absolute atomic E-state index is 12.0. The lowest BCUT2D eigenvalue weighted by Crippen LogP contribution is -2.34. The Morgan fingerprint density at radius 2 is 2.20 bits per heavy atom. The van der Waals surface area contributed by atoms with E-state index in [1.807, 2.05) is 13.8 Å². The summed E-state index contributed by atoms with van der Waals surface area (Å²) in [6.07, 6.45) is 2.71. The van der Waals surface area contributed by atoms with Crippen LogP contribution in [0.25, 0.3) is 0 Å². The van der Waals surface area contributed by atoms with E-state index in [4.69, 9.17) is 27.9 Å². The molecule has 6 heteroatoms. The molecule has 1 amide bonds. The molecule has 0 atom stereocenters. The topological polar surface area (TPSA) is 51.2 Å². The van der Waals surface area contributed by atoms with Gasteiger partial charge in [-0.05, 0) is 44.2 Å². The van der Waals surface area contributed by atoms with E-state index in [0.717, 1.165) is 25.0 Å². The van der Waals surface area contributed by atoms with Crippen LogP contribution >= 0.6 is 23.2 Å². The maximum atomic E-state index is 12.0. The van der Waals surface area contributed by atoms with Gasteiger partial charge in [0.2, 0.25) is 5.91 Å². The van der Waals surface area contributed by atoms with Crippen molar-refractivity contribution in [2.75, 3.05) is 11.9 Å². The molecule has 0 aliphatic heterocycles. The molecule has 20 heavy (non-hydrogen) atoms. The predicted octanol–water partition coefficient (Wildman–Crippen LogP) is 3.84. The number of hydrogen-bond acceptors (Lipinski definition) is 3. The van der Waals surface area contributed by atoms with Crippen LogP contribution in [0.4, 0.5) is 5.69 Å². The molecule has 2 rings (SSSR count). The lowest BCUT2D eigenvalue weighted by atomic mass is 9.80. The summed E-state index contributed by atoms with van der Waals surface area (Å²) in [7, 11) is 0. The van der Waals surface area contributed by atoms with Crippen LogP contribution in [0.5, 0.6) is 0 Å². The molecule has 1 saturated carbocycles. The summed E-state index contributed by atoms with van der Waals surface area (Å²) in [6, 6.07) is 1.68. The Morgan fingerprint density at radius 3 is 2.80 bits per heavy atom. The van der Waals surface area contributed by atoms with Crippen LogP contribution in [-0.4, -0.2) is 23.6 Å². The number of nitrogens with one attached hydrogen (secondary N) is 1. The first-order valence-corrected chi connectivity index (χ1v) is 7.49. The number of hydrogen-bond donors (Lipinski definition) is 1. The number of ether oxygens (including phenoxy) is 1. The van der Waals surface area contributed by atoms with E-state index in [-0.39, 0.29) is 11.1 Å². The number of amides is 1. The van der Waals surface area contributed by atoms with Crippen LogP contribution in [0, 0.1) is 12.8 Å². The summed E-state index contributed by atoms with van der Waals surface area (Å²) in [4.78, 5) is 15.9. The summed E-state index contributed by atoms with van der Waals surface area (Å²) in [5.74, 6) is 0.352. The van der Waals surface area contributed by atoms with Crippen molar-refractivity contribution in [1.82, 2.24) is 4.98 Å². The standard InChI is InChI=1S/C14H18Cl2N2O2/c1-3-20-10-5-9(6-10)7-12(19)18-13-8(2)4-11(15)17-14(13)16/h4,9-10H,3,5-7H2,1-2H3,(H,18,19). The highest BCUT2D eigenvalue weighted by atomic mass is 35.5. The van der Waals surface area contributed by atoms with Gasteiger partial charge in [0, 0.05) is 13.0 Å². The monoisotopic (exact) mass is 316 g/mol. The van der Waals surface area contributed by atoms with E-state index >= 15 is 0 Å². The van der Waals surface area contributed by atoms with Gasteiger partial charge in [-0.1, -0.05) is 23.2 Å². The lowest BCUT2D eigenvalue weighted by Gasteiger charge is -2.34. The third-order valence-electron chi connectivity index (χ3n) is 3.47. The Hall–Kier alpha value is -0.840. The Balaban J connectivity index is 1.87. The van der Waals surface area contributed by atoms with Crippen LogP contribution in [-0.2, 0) is 9.53 Å². The maximum Gasteiger partial charge on any atom is 0.224 e. The number of aryl methyl sites for hydroxylation is 1. The molecule has 4 nitrogen and oxygen atoms in total. The van der Waals surface area contributed by atoms with E-state index in [0.29, 0.717) is 29.3 Å². The van der Waals surface area contributed by atoms with Gasteiger partial charge in [-0.2, -0.15) is 0 Å². The number of carbonyl (C=O) groups excluding carboxylic acids is 1. The van der Waals surface area contributed by atoms with Gasteiger partial charge in [-0.25, -0.2) is 4.98 Å². The number of nitrogens with zero attached hydrogens (tertiary/aromatic N) is 1. The van der Waals surface area contributed by atoms with Gasteiger partial charge in [0.25, 0.3) is 0 Å². The fourth-order valence-corrected chi connectivity index (χ4v) is 2.99. The Bertz CT molecular complexity index is 479. The summed E-state index contributed by atoms with van der Waals surface area (Å²) in [5, 5.41) is 3.37. The van der Waals surface area contributed by atoms with Crippen molar-refractivity contribution in [1.29, 1.82) is 0 Å². The zero-order chi connectivity index (χ0) is 14.7. The average Bonchev–Trinajstić information content (AvgIpc) is 2.31. The van der Waals surface area contributed by atoms with Gasteiger partial charge in [-0.3, -0.25) is 4.79 Å². The van der Waals surface area contributed by atoms with Gasteiger partial charge in [0.15, 0.2) is 5.15 Å². The zero-order valence-corrected chi connectivity index (χ0v) is 13.1. The van der Waals surface area contributed by atoms with E-state index in [2.05, 4.69) is 10.3 Å². The molecule has 1 aliphatic carbocycles. The second kappa shape index (κ2) is 6.74. The SMILES string of the molecule is CCOC1CC(CC(=O)Nc2c(C)cc(Cl)nc2Cl)C1. The Labute approximate surface area is 128 Å². The molecule has 1 heterocycles. The molecule has 1 aromatic rings. The average molecular weight is 317 g/mol. The molecule has 0 aromatic carbocycles.